The summed E-state index contributed by atoms with van der Waals surface area (Å²) in [5, 5.41) is 3.08. The van der Waals surface area contributed by atoms with E-state index in [0.717, 1.165) is 0 Å². The monoisotopic (exact) mass is 508 g/mol. The van der Waals surface area contributed by atoms with Gasteiger partial charge in [0.1, 0.15) is 24.0 Å². The Morgan fingerprint density at radius 1 is 1.11 bits per heavy atom. The molecule has 9 heteroatoms. The number of benzene rings is 1. The van der Waals surface area contributed by atoms with E-state index in [1.165, 1.54) is 17.4 Å². The first-order chi connectivity index (χ1) is 17.9. The smallest absolute Gasteiger partial charge is 0.251 e. The van der Waals surface area contributed by atoms with E-state index >= 15 is 0 Å². The minimum atomic E-state index is -1.04. The molecule has 1 aromatic carbocycles. The van der Waals surface area contributed by atoms with Crippen LogP contribution in [0.25, 0.3) is 0 Å². The Morgan fingerprint density at radius 2 is 1.76 bits per heavy atom. The van der Waals surface area contributed by atoms with Gasteiger partial charge in [-0.05, 0) is 35.8 Å². The predicted molar refractivity (Wildman–Crippen MR) is 135 cm³/mol. The Labute approximate surface area is 217 Å². The third-order valence-corrected chi connectivity index (χ3v) is 8.19. The van der Waals surface area contributed by atoms with Crippen LogP contribution in [0.5, 0.6) is 0 Å². The van der Waals surface area contributed by atoms with Crippen LogP contribution in [0.4, 0.5) is 0 Å². The highest BCUT2D eigenvalue weighted by molar-refractivity contribution is 6.00. The molecule has 0 spiro atoms. The number of rotatable bonds is 7. The molecule has 3 amide bonds. The summed E-state index contributed by atoms with van der Waals surface area (Å²) in [6.07, 6.45) is 4.27. The van der Waals surface area contributed by atoms with Crippen molar-refractivity contribution in [1.29, 1.82) is 0 Å². The second kappa shape index (κ2) is 10.7. The number of carbonyl (C=O) groups excluding carboxylic acids is 3. The SMILES string of the molecule is CCC(CC)[C@@H]1C(=O)N[C@H](C2Cc3ccccc3C2)C(=O)N1[C@@H](C(=O)N1CCOCC1)c1coc(C)n1. The number of morpholine rings is 1. The van der Waals surface area contributed by atoms with Crippen LogP contribution in [0.15, 0.2) is 34.9 Å². The average Bonchev–Trinajstić information content (AvgIpc) is 3.54. The number of aryl methyl sites for hydroxylation is 1. The summed E-state index contributed by atoms with van der Waals surface area (Å²) < 4.78 is 11.0. The molecule has 1 aromatic heterocycles. The van der Waals surface area contributed by atoms with Gasteiger partial charge in [0.15, 0.2) is 11.9 Å². The van der Waals surface area contributed by atoms with Crippen LogP contribution in [0.1, 0.15) is 55.4 Å². The fourth-order valence-corrected chi connectivity index (χ4v) is 6.19. The van der Waals surface area contributed by atoms with Gasteiger partial charge in [-0.1, -0.05) is 51.0 Å². The molecule has 0 saturated carbocycles. The first-order valence-corrected chi connectivity index (χ1v) is 13.4. The lowest BCUT2D eigenvalue weighted by atomic mass is 9.84. The van der Waals surface area contributed by atoms with E-state index < -0.39 is 18.1 Å². The molecule has 2 saturated heterocycles. The number of nitrogens with zero attached hydrogens (tertiary/aromatic N) is 3. The summed E-state index contributed by atoms with van der Waals surface area (Å²) >= 11 is 0. The molecule has 0 unspecified atom stereocenters. The van der Waals surface area contributed by atoms with Crippen molar-refractivity contribution >= 4 is 17.7 Å². The second-order valence-corrected chi connectivity index (χ2v) is 10.3. The number of piperazine rings is 1. The zero-order valence-corrected chi connectivity index (χ0v) is 21.8. The van der Waals surface area contributed by atoms with Crippen LogP contribution < -0.4 is 5.32 Å². The number of aromatic nitrogens is 1. The average molecular weight is 509 g/mol. The van der Waals surface area contributed by atoms with E-state index in [0.29, 0.717) is 63.6 Å². The van der Waals surface area contributed by atoms with Gasteiger partial charge in [0.2, 0.25) is 11.8 Å². The van der Waals surface area contributed by atoms with Crippen LogP contribution in [0.2, 0.25) is 0 Å². The number of ether oxygens (including phenoxy) is 1. The standard InChI is InChI=1S/C28H36N4O5/c1-4-18(5-2)24-26(33)30-23(21-14-19-8-6-7-9-20(19)15-21)27(34)32(24)25(22-16-37-17(3)29-22)28(35)31-10-12-36-13-11-31/h6-9,16,18,21,23-25H,4-5,10-15H2,1-3H3,(H,30,33)/t23-,24-,25-/m1/s1. The van der Waals surface area contributed by atoms with Crippen LogP contribution in [-0.4, -0.2) is 70.9 Å². The number of carbonyl (C=O) groups is 3. The number of oxazole rings is 1. The molecule has 37 heavy (non-hydrogen) atoms. The van der Waals surface area contributed by atoms with Crippen molar-refractivity contribution in [1.82, 2.24) is 20.1 Å². The fourth-order valence-electron chi connectivity index (χ4n) is 6.19. The van der Waals surface area contributed by atoms with Gasteiger partial charge in [-0.2, -0.15) is 0 Å². The zero-order chi connectivity index (χ0) is 26.1. The molecule has 1 aliphatic carbocycles. The van der Waals surface area contributed by atoms with Gasteiger partial charge in [-0.3, -0.25) is 14.4 Å². The summed E-state index contributed by atoms with van der Waals surface area (Å²) in [5.74, 6) is -0.429. The summed E-state index contributed by atoms with van der Waals surface area (Å²) in [6.45, 7) is 7.47. The molecule has 9 nitrogen and oxygen atoms in total. The Hall–Kier alpha value is -3.20. The van der Waals surface area contributed by atoms with E-state index in [1.54, 1.807) is 16.7 Å². The topological polar surface area (TPSA) is 105 Å². The molecule has 198 valence electrons. The van der Waals surface area contributed by atoms with E-state index in [4.69, 9.17) is 9.15 Å². The van der Waals surface area contributed by atoms with Crippen LogP contribution in [0, 0.1) is 18.8 Å². The molecule has 0 radical (unpaired) electrons. The lowest BCUT2D eigenvalue weighted by Gasteiger charge is -2.47. The Kier molecular flexibility index (Phi) is 7.33. The maximum atomic E-state index is 14.4. The van der Waals surface area contributed by atoms with Crippen LogP contribution >= 0.6 is 0 Å². The minimum Gasteiger partial charge on any atom is -0.449 e. The lowest BCUT2D eigenvalue weighted by molar-refractivity contribution is -0.163. The van der Waals surface area contributed by atoms with Gasteiger partial charge in [0.05, 0.1) is 13.2 Å². The molecule has 2 fully saturated rings. The summed E-state index contributed by atoms with van der Waals surface area (Å²) in [6, 6.07) is 5.65. The highest BCUT2D eigenvalue weighted by Crippen LogP contribution is 2.37. The van der Waals surface area contributed by atoms with E-state index in [9.17, 15) is 14.4 Å². The highest BCUT2D eigenvalue weighted by Gasteiger charge is 2.52. The van der Waals surface area contributed by atoms with Crippen molar-refractivity contribution in [2.24, 2.45) is 11.8 Å². The molecule has 3 aliphatic rings. The molecule has 2 aromatic rings. The Morgan fingerprint density at radius 3 is 2.32 bits per heavy atom. The highest BCUT2D eigenvalue weighted by atomic mass is 16.5. The molecule has 5 rings (SSSR count). The van der Waals surface area contributed by atoms with Crippen molar-refractivity contribution < 1.29 is 23.5 Å². The molecule has 1 N–H and O–H groups in total. The summed E-state index contributed by atoms with van der Waals surface area (Å²) in [7, 11) is 0. The quantitative estimate of drug-likeness (QED) is 0.616. The van der Waals surface area contributed by atoms with Gasteiger partial charge in [-0.15, -0.1) is 0 Å². The molecule has 3 atom stereocenters. The number of amides is 3. The fraction of sp³-hybridized carbons (Fsp3) is 0.571. The molecular formula is C28H36N4O5. The van der Waals surface area contributed by atoms with Crippen molar-refractivity contribution in [3.63, 3.8) is 0 Å². The van der Waals surface area contributed by atoms with Crippen molar-refractivity contribution in [2.45, 2.75) is 64.6 Å². The van der Waals surface area contributed by atoms with Gasteiger partial charge in [0.25, 0.3) is 5.91 Å². The maximum Gasteiger partial charge on any atom is 0.251 e. The Bertz CT molecular complexity index is 1130. The van der Waals surface area contributed by atoms with Crippen LogP contribution in [0.3, 0.4) is 0 Å². The molecule has 3 heterocycles. The minimum absolute atomic E-state index is 0.0720. The summed E-state index contributed by atoms with van der Waals surface area (Å²) in [5.41, 5.74) is 2.77. The van der Waals surface area contributed by atoms with Gasteiger partial charge >= 0.3 is 0 Å². The van der Waals surface area contributed by atoms with E-state index in [2.05, 4.69) is 22.4 Å². The Balaban J connectivity index is 1.56. The number of fused-ring (bicyclic) bond motifs is 1. The second-order valence-electron chi connectivity index (χ2n) is 10.3. The zero-order valence-electron chi connectivity index (χ0n) is 21.8. The van der Waals surface area contributed by atoms with Crippen molar-refractivity contribution in [3.8, 4) is 0 Å². The number of nitrogens with one attached hydrogen (secondary N) is 1. The van der Waals surface area contributed by atoms with E-state index in [1.807, 2.05) is 26.0 Å². The maximum absolute atomic E-state index is 14.4. The third-order valence-electron chi connectivity index (χ3n) is 8.19. The lowest BCUT2D eigenvalue weighted by Crippen LogP contribution is -2.69. The van der Waals surface area contributed by atoms with Crippen LogP contribution in [-0.2, 0) is 32.0 Å². The number of hydrogen-bond acceptors (Lipinski definition) is 6. The first-order valence-electron chi connectivity index (χ1n) is 13.4. The number of hydrogen-bond donors (Lipinski definition) is 1. The largest absolute Gasteiger partial charge is 0.449 e. The van der Waals surface area contributed by atoms with Gasteiger partial charge in [-0.25, -0.2) is 4.98 Å². The predicted octanol–water partition coefficient (Wildman–Crippen LogP) is 2.43. The molecular weight excluding hydrogens is 472 g/mol. The van der Waals surface area contributed by atoms with Crippen molar-refractivity contribution in [2.75, 3.05) is 26.3 Å². The normalized spacial score (nSPS) is 23.4. The van der Waals surface area contributed by atoms with Gasteiger partial charge < -0.3 is 24.3 Å². The van der Waals surface area contributed by atoms with E-state index in [-0.39, 0.29) is 29.6 Å². The third kappa shape index (κ3) is 4.77. The molecule has 2 aliphatic heterocycles. The van der Waals surface area contributed by atoms with Crippen molar-refractivity contribution in [3.05, 3.63) is 53.2 Å². The first kappa shape index (κ1) is 25.4. The van der Waals surface area contributed by atoms with Gasteiger partial charge in [0, 0.05) is 20.0 Å². The molecule has 0 bridgehead atoms. The summed E-state index contributed by atoms with van der Waals surface area (Å²) in [4.78, 5) is 50.0.